The van der Waals surface area contributed by atoms with Gasteiger partial charge >= 0.3 is 0 Å². The fraction of sp³-hybridized carbons (Fsp3) is 0.0714. The molecule has 0 saturated carbocycles. The summed E-state index contributed by atoms with van der Waals surface area (Å²) in [6.45, 7) is 0. The molecule has 0 aliphatic rings. The molecule has 0 aliphatic heterocycles. The maximum atomic E-state index is 13.4. The van der Waals surface area contributed by atoms with E-state index < -0.39 is 26.6 Å². The predicted octanol–water partition coefficient (Wildman–Crippen LogP) is 2.86. The highest BCUT2D eigenvalue weighted by molar-refractivity contribution is 8.00. The smallest absolute Gasteiger partial charge is 0.238 e. The van der Waals surface area contributed by atoms with Crippen molar-refractivity contribution >= 4 is 45.0 Å². The summed E-state index contributed by atoms with van der Waals surface area (Å²) in [6.07, 6.45) is 0. The largest absolute Gasteiger partial charge is 0.325 e. The number of hydrogen-bond donors (Lipinski definition) is 2. The van der Waals surface area contributed by atoms with Crippen LogP contribution in [0.3, 0.4) is 0 Å². The molecule has 5 nitrogen and oxygen atoms in total. The lowest BCUT2D eigenvalue weighted by Crippen LogP contribution is -2.16. The SMILES string of the molecule is NS(=O)(=O)c1cc(F)cc(NC(=O)CSc2ccc(Cl)cc2)c1. The van der Waals surface area contributed by atoms with Crippen molar-refractivity contribution in [2.24, 2.45) is 5.14 Å². The number of thioether (sulfide) groups is 1. The first-order chi connectivity index (χ1) is 10.7. The molecule has 9 heteroatoms. The monoisotopic (exact) mass is 374 g/mol. The van der Waals surface area contributed by atoms with Gasteiger partial charge in [-0.15, -0.1) is 11.8 Å². The fourth-order valence-electron chi connectivity index (χ4n) is 1.68. The molecule has 3 N–H and O–H groups in total. The number of anilines is 1. The van der Waals surface area contributed by atoms with Crippen LogP contribution in [0.4, 0.5) is 10.1 Å². The summed E-state index contributed by atoms with van der Waals surface area (Å²) >= 11 is 7.03. The van der Waals surface area contributed by atoms with E-state index in [9.17, 15) is 17.6 Å². The van der Waals surface area contributed by atoms with Crippen LogP contribution in [0.15, 0.2) is 52.3 Å². The topological polar surface area (TPSA) is 89.3 Å². The zero-order chi connectivity index (χ0) is 17.0. The highest BCUT2D eigenvalue weighted by Gasteiger charge is 2.12. The summed E-state index contributed by atoms with van der Waals surface area (Å²) in [6, 6.07) is 9.83. The van der Waals surface area contributed by atoms with E-state index in [2.05, 4.69) is 5.32 Å². The van der Waals surface area contributed by atoms with E-state index in [-0.39, 0.29) is 11.4 Å². The standard InChI is InChI=1S/C14H12ClFN2O3S2/c15-9-1-3-12(4-2-9)22-8-14(19)18-11-5-10(16)6-13(7-11)23(17,20)21/h1-7H,8H2,(H,18,19)(H2,17,20,21). The van der Waals surface area contributed by atoms with Gasteiger partial charge in [0.2, 0.25) is 15.9 Å². The summed E-state index contributed by atoms with van der Waals surface area (Å²) in [4.78, 5) is 12.3. The van der Waals surface area contributed by atoms with Gasteiger partial charge in [0.25, 0.3) is 0 Å². The van der Waals surface area contributed by atoms with Gasteiger partial charge in [-0.2, -0.15) is 0 Å². The molecule has 0 aromatic heterocycles. The van der Waals surface area contributed by atoms with Crippen molar-refractivity contribution < 1.29 is 17.6 Å². The molecule has 0 radical (unpaired) electrons. The Kier molecular flexibility index (Phi) is 5.64. The lowest BCUT2D eigenvalue weighted by atomic mass is 10.3. The molecule has 122 valence electrons. The van der Waals surface area contributed by atoms with Gasteiger partial charge in [-0.3, -0.25) is 4.79 Å². The number of nitrogens with one attached hydrogen (secondary N) is 1. The summed E-state index contributed by atoms with van der Waals surface area (Å²) in [5.41, 5.74) is 0.0238. The van der Waals surface area contributed by atoms with Crippen LogP contribution < -0.4 is 10.5 Å². The minimum atomic E-state index is -4.05. The molecular formula is C14H12ClFN2O3S2. The molecule has 1 amide bonds. The maximum Gasteiger partial charge on any atom is 0.238 e. The number of halogens is 2. The molecule has 2 rings (SSSR count). The van der Waals surface area contributed by atoms with E-state index in [1.807, 2.05) is 0 Å². The highest BCUT2D eigenvalue weighted by atomic mass is 35.5. The molecule has 0 bridgehead atoms. The second-order valence-electron chi connectivity index (χ2n) is 4.51. The summed E-state index contributed by atoms with van der Waals surface area (Å²) in [5, 5.41) is 7.97. The first-order valence-corrected chi connectivity index (χ1v) is 9.16. The van der Waals surface area contributed by atoms with E-state index >= 15 is 0 Å². The molecule has 0 aliphatic carbocycles. The van der Waals surface area contributed by atoms with Gasteiger partial charge in [0.15, 0.2) is 0 Å². The summed E-state index contributed by atoms with van der Waals surface area (Å²) in [5.74, 6) is -1.14. The third-order valence-corrected chi connectivity index (χ3v) is 4.82. The van der Waals surface area contributed by atoms with Crippen molar-refractivity contribution in [1.29, 1.82) is 0 Å². The van der Waals surface area contributed by atoms with Crippen molar-refractivity contribution in [3.8, 4) is 0 Å². The van der Waals surface area contributed by atoms with Gasteiger partial charge < -0.3 is 5.32 Å². The average Bonchev–Trinajstić information content (AvgIpc) is 2.45. The molecule has 23 heavy (non-hydrogen) atoms. The average molecular weight is 375 g/mol. The molecule has 2 aromatic rings. The van der Waals surface area contributed by atoms with Gasteiger partial charge in [0, 0.05) is 15.6 Å². The Hall–Kier alpha value is -1.61. The van der Waals surface area contributed by atoms with Crippen LogP contribution in [0.2, 0.25) is 5.02 Å². The molecule has 0 saturated heterocycles. The van der Waals surface area contributed by atoms with Crippen molar-refractivity contribution in [2.75, 3.05) is 11.1 Å². The highest BCUT2D eigenvalue weighted by Crippen LogP contribution is 2.21. The number of sulfonamides is 1. The van der Waals surface area contributed by atoms with E-state index in [4.69, 9.17) is 16.7 Å². The Morgan fingerprint density at radius 1 is 1.22 bits per heavy atom. The Bertz CT molecular complexity index is 826. The first-order valence-electron chi connectivity index (χ1n) is 6.26. The molecule has 0 unspecified atom stereocenters. The molecule has 0 atom stereocenters. The number of primary sulfonamides is 1. The van der Waals surface area contributed by atoms with Gasteiger partial charge in [0.05, 0.1) is 10.6 Å². The minimum absolute atomic E-state index is 0.0238. The lowest BCUT2D eigenvalue weighted by Gasteiger charge is -2.07. The number of carbonyl (C=O) groups is 1. The zero-order valence-corrected chi connectivity index (χ0v) is 14.0. The Balaban J connectivity index is 2.02. The van der Waals surface area contributed by atoms with Crippen LogP contribution in [0.25, 0.3) is 0 Å². The quantitative estimate of drug-likeness (QED) is 0.787. The Labute approximate surface area is 142 Å². The third kappa shape index (κ3) is 5.51. The number of nitrogens with two attached hydrogens (primary N) is 1. The van der Waals surface area contributed by atoms with Crippen LogP contribution in [0, 0.1) is 5.82 Å². The van der Waals surface area contributed by atoms with E-state index in [0.717, 1.165) is 23.1 Å². The number of benzene rings is 2. The van der Waals surface area contributed by atoms with Crippen molar-refractivity contribution in [1.82, 2.24) is 0 Å². The number of hydrogen-bond acceptors (Lipinski definition) is 4. The predicted molar refractivity (Wildman–Crippen MR) is 88.6 cm³/mol. The molecule has 0 spiro atoms. The second kappa shape index (κ2) is 7.31. The van der Waals surface area contributed by atoms with Crippen molar-refractivity contribution in [3.63, 3.8) is 0 Å². The van der Waals surface area contributed by atoms with Crippen LogP contribution in [0.1, 0.15) is 0 Å². The van der Waals surface area contributed by atoms with E-state index in [0.29, 0.717) is 5.02 Å². The third-order valence-electron chi connectivity index (χ3n) is 2.67. The van der Waals surface area contributed by atoms with Gasteiger partial charge in [-0.25, -0.2) is 17.9 Å². The molecule has 0 heterocycles. The number of amides is 1. The van der Waals surface area contributed by atoms with E-state index in [1.54, 1.807) is 24.3 Å². The normalized spacial score (nSPS) is 11.3. The minimum Gasteiger partial charge on any atom is -0.325 e. The Morgan fingerprint density at radius 3 is 2.48 bits per heavy atom. The second-order valence-corrected chi connectivity index (χ2v) is 7.56. The zero-order valence-electron chi connectivity index (χ0n) is 11.6. The fourth-order valence-corrected chi connectivity index (χ4v) is 3.07. The molecular weight excluding hydrogens is 363 g/mol. The van der Waals surface area contributed by atoms with Crippen LogP contribution in [-0.4, -0.2) is 20.1 Å². The summed E-state index contributed by atoms with van der Waals surface area (Å²) < 4.78 is 35.9. The Morgan fingerprint density at radius 2 is 1.87 bits per heavy atom. The molecule has 2 aromatic carbocycles. The first kappa shape index (κ1) is 17.7. The van der Waals surface area contributed by atoms with Gasteiger partial charge in [-0.05, 0) is 42.5 Å². The lowest BCUT2D eigenvalue weighted by molar-refractivity contribution is -0.113. The van der Waals surface area contributed by atoms with Gasteiger partial charge in [-0.1, -0.05) is 11.6 Å². The summed E-state index contributed by atoms with van der Waals surface area (Å²) in [7, 11) is -4.05. The van der Waals surface area contributed by atoms with Crippen LogP contribution in [-0.2, 0) is 14.8 Å². The van der Waals surface area contributed by atoms with Crippen molar-refractivity contribution in [3.05, 3.63) is 53.3 Å². The van der Waals surface area contributed by atoms with Crippen molar-refractivity contribution in [2.45, 2.75) is 9.79 Å². The van der Waals surface area contributed by atoms with E-state index in [1.165, 1.54) is 11.8 Å². The number of rotatable bonds is 5. The van der Waals surface area contributed by atoms with Crippen LogP contribution in [0.5, 0.6) is 0 Å². The number of carbonyl (C=O) groups excluding carboxylic acids is 1. The molecule has 0 fully saturated rings. The maximum absolute atomic E-state index is 13.4. The van der Waals surface area contributed by atoms with Crippen LogP contribution >= 0.6 is 23.4 Å². The van der Waals surface area contributed by atoms with Gasteiger partial charge in [0.1, 0.15) is 5.82 Å².